The second-order valence-corrected chi connectivity index (χ2v) is 6.72. The molecule has 0 bridgehead atoms. The number of hydrogen-bond donors (Lipinski definition) is 2. The summed E-state index contributed by atoms with van der Waals surface area (Å²) in [6, 6.07) is 4.31. The number of methoxy groups -OCH3 is 1. The number of cyclic esters (lactones) is 1. The van der Waals surface area contributed by atoms with E-state index in [1.807, 2.05) is 0 Å². The van der Waals surface area contributed by atoms with Crippen molar-refractivity contribution < 1.29 is 33.0 Å². The van der Waals surface area contributed by atoms with Crippen LogP contribution in [0, 0.1) is 5.82 Å². The summed E-state index contributed by atoms with van der Waals surface area (Å²) in [7, 11) is 1.24. The third kappa shape index (κ3) is 3.35. The normalized spacial score (nSPS) is 25.9. The monoisotopic (exact) mass is 394 g/mol. The predicted molar refractivity (Wildman–Crippen MR) is 93.8 cm³/mol. The Labute approximate surface area is 159 Å². The number of carbonyl (C=O) groups is 3. The number of amides is 3. The van der Waals surface area contributed by atoms with Crippen molar-refractivity contribution >= 4 is 29.7 Å². The van der Waals surface area contributed by atoms with Gasteiger partial charge in [-0.05, 0) is 18.2 Å². The Morgan fingerprint density at radius 2 is 2.14 bits per heavy atom. The van der Waals surface area contributed by atoms with Crippen LogP contribution in [0.15, 0.2) is 18.2 Å². The maximum atomic E-state index is 14.7. The molecule has 11 heteroatoms. The van der Waals surface area contributed by atoms with E-state index < -0.39 is 30.2 Å². The molecule has 150 valence electrons. The van der Waals surface area contributed by atoms with Crippen LogP contribution in [-0.4, -0.2) is 69.8 Å². The van der Waals surface area contributed by atoms with E-state index in [4.69, 9.17) is 9.47 Å². The van der Waals surface area contributed by atoms with Crippen LogP contribution in [0.4, 0.5) is 30.1 Å². The van der Waals surface area contributed by atoms with Crippen molar-refractivity contribution in [2.24, 2.45) is 0 Å². The molecule has 1 unspecified atom stereocenters. The highest BCUT2D eigenvalue weighted by molar-refractivity contribution is 5.90. The number of carbonyl (C=O) groups excluding carboxylic acids is 3. The van der Waals surface area contributed by atoms with Crippen molar-refractivity contribution in [1.29, 1.82) is 0 Å². The maximum absolute atomic E-state index is 14.7. The van der Waals surface area contributed by atoms with E-state index in [-0.39, 0.29) is 25.2 Å². The summed E-state index contributed by atoms with van der Waals surface area (Å²) in [4.78, 5) is 37.5. The summed E-state index contributed by atoms with van der Waals surface area (Å²) in [5.74, 6) is -0.493. The molecule has 0 aliphatic carbocycles. The van der Waals surface area contributed by atoms with Crippen molar-refractivity contribution in [1.82, 2.24) is 10.6 Å². The first-order chi connectivity index (χ1) is 13.4. The van der Waals surface area contributed by atoms with Crippen molar-refractivity contribution in [2.45, 2.75) is 18.2 Å². The van der Waals surface area contributed by atoms with Gasteiger partial charge in [0.2, 0.25) is 0 Å². The SMILES string of the molecule is COC(=O)NCC1CN(c2ccc(N3C[C@@H]4OC(=O)N[C@@H]4C3)c(F)c2)C(=O)O1. The lowest BCUT2D eigenvalue weighted by molar-refractivity contribution is 0.132. The van der Waals surface area contributed by atoms with Gasteiger partial charge in [0.25, 0.3) is 0 Å². The van der Waals surface area contributed by atoms with Gasteiger partial charge in [0.15, 0.2) is 0 Å². The van der Waals surface area contributed by atoms with Crippen molar-refractivity contribution in [3.8, 4) is 0 Å². The van der Waals surface area contributed by atoms with Crippen molar-refractivity contribution in [3.05, 3.63) is 24.0 Å². The molecule has 3 saturated heterocycles. The van der Waals surface area contributed by atoms with E-state index in [1.54, 1.807) is 17.0 Å². The van der Waals surface area contributed by atoms with Crippen LogP contribution in [-0.2, 0) is 14.2 Å². The van der Waals surface area contributed by atoms with Crippen molar-refractivity contribution in [2.75, 3.05) is 43.1 Å². The largest absolute Gasteiger partial charge is 0.453 e. The van der Waals surface area contributed by atoms with Gasteiger partial charge in [-0.15, -0.1) is 0 Å². The number of alkyl carbamates (subject to hydrolysis) is 2. The molecule has 3 fully saturated rings. The van der Waals surface area contributed by atoms with E-state index in [2.05, 4.69) is 15.4 Å². The number of benzene rings is 1. The lowest BCUT2D eigenvalue weighted by atomic mass is 10.2. The van der Waals surface area contributed by atoms with Crippen LogP contribution in [0.1, 0.15) is 0 Å². The number of anilines is 2. The number of ether oxygens (including phenoxy) is 3. The van der Waals surface area contributed by atoms with E-state index in [0.717, 1.165) is 0 Å². The van der Waals surface area contributed by atoms with Crippen LogP contribution in [0.3, 0.4) is 0 Å². The minimum atomic E-state index is -0.625. The van der Waals surface area contributed by atoms with Gasteiger partial charge in [0.05, 0.1) is 44.2 Å². The molecular formula is C17H19FN4O6. The summed E-state index contributed by atoms with van der Waals surface area (Å²) in [5.41, 5.74) is 0.725. The summed E-state index contributed by atoms with van der Waals surface area (Å²) in [6.45, 7) is 1.11. The standard InChI is InChI=1S/C17H19FN4O6/c1-26-15(23)19-5-10-6-22(17(25)27-10)9-2-3-13(11(18)4-9)21-7-12-14(8-21)28-16(24)20-12/h2-4,10,12,14H,5-8H2,1H3,(H,19,23)(H,20,24)/t10?,12-,14+/m1/s1. The van der Waals surface area contributed by atoms with Crippen LogP contribution in [0.25, 0.3) is 0 Å². The molecule has 0 saturated carbocycles. The quantitative estimate of drug-likeness (QED) is 0.727. The molecule has 28 heavy (non-hydrogen) atoms. The molecule has 3 aliphatic heterocycles. The summed E-state index contributed by atoms with van der Waals surface area (Å²) in [5, 5.41) is 5.15. The van der Waals surface area contributed by atoms with E-state index in [1.165, 1.54) is 18.1 Å². The third-order valence-electron chi connectivity index (χ3n) is 4.95. The second-order valence-electron chi connectivity index (χ2n) is 6.72. The zero-order valence-electron chi connectivity index (χ0n) is 15.0. The number of halogens is 1. The predicted octanol–water partition coefficient (Wildman–Crippen LogP) is 0.804. The lowest BCUT2D eigenvalue weighted by Gasteiger charge is -2.21. The minimum absolute atomic E-state index is 0.0950. The number of hydrogen-bond acceptors (Lipinski definition) is 7. The Bertz CT molecular complexity index is 805. The molecule has 1 aromatic carbocycles. The Hall–Kier alpha value is -3.24. The molecule has 0 radical (unpaired) electrons. The fraction of sp³-hybridized carbons (Fsp3) is 0.471. The first-order valence-electron chi connectivity index (χ1n) is 8.76. The number of fused-ring (bicyclic) bond motifs is 1. The zero-order chi connectivity index (χ0) is 19.8. The van der Waals surface area contributed by atoms with Crippen LogP contribution in [0.2, 0.25) is 0 Å². The topological polar surface area (TPSA) is 109 Å². The molecule has 3 amide bonds. The minimum Gasteiger partial charge on any atom is -0.453 e. The average molecular weight is 394 g/mol. The molecule has 0 spiro atoms. The van der Waals surface area contributed by atoms with Gasteiger partial charge < -0.3 is 29.7 Å². The van der Waals surface area contributed by atoms with Gasteiger partial charge in [-0.25, -0.2) is 18.8 Å². The molecule has 10 nitrogen and oxygen atoms in total. The first kappa shape index (κ1) is 18.1. The lowest BCUT2D eigenvalue weighted by Crippen LogP contribution is -2.34. The Morgan fingerprint density at radius 1 is 1.32 bits per heavy atom. The van der Waals surface area contributed by atoms with Crippen LogP contribution in [0.5, 0.6) is 0 Å². The van der Waals surface area contributed by atoms with Gasteiger partial charge in [-0.3, -0.25) is 4.90 Å². The molecule has 3 atom stereocenters. The van der Waals surface area contributed by atoms with E-state index in [0.29, 0.717) is 24.5 Å². The summed E-state index contributed by atoms with van der Waals surface area (Å²) in [6.07, 6.45) is -2.55. The molecule has 3 aliphatic rings. The fourth-order valence-electron chi connectivity index (χ4n) is 3.58. The van der Waals surface area contributed by atoms with E-state index in [9.17, 15) is 18.8 Å². The van der Waals surface area contributed by atoms with Gasteiger partial charge >= 0.3 is 18.3 Å². The average Bonchev–Trinajstić information content (AvgIpc) is 3.32. The Morgan fingerprint density at radius 3 is 2.86 bits per heavy atom. The molecule has 3 heterocycles. The molecule has 4 rings (SSSR count). The number of nitrogens with zero attached hydrogens (tertiary/aromatic N) is 2. The Kier molecular flexibility index (Phi) is 4.57. The van der Waals surface area contributed by atoms with Gasteiger partial charge in [0.1, 0.15) is 18.0 Å². The van der Waals surface area contributed by atoms with Crippen molar-refractivity contribution in [3.63, 3.8) is 0 Å². The van der Waals surface area contributed by atoms with Crippen LogP contribution < -0.4 is 20.4 Å². The number of rotatable bonds is 4. The smallest absolute Gasteiger partial charge is 0.414 e. The first-order valence-corrected chi connectivity index (χ1v) is 8.76. The highest BCUT2D eigenvalue weighted by Gasteiger charge is 2.42. The third-order valence-corrected chi connectivity index (χ3v) is 4.95. The highest BCUT2D eigenvalue weighted by Crippen LogP contribution is 2.31. The molecular weight excluding hydrogens is 375 g/mol. The highest BCUT2D eigenvalue weighted by atomic mass is 19.1. The summed E-state index contributed by atoms with van der Waals surface area (Å²) >= 11 is 0. The Balaban J connectivity index is 1.41. The maximum Gasteiger partial charge on any atom is 0.414 e. The van der Waals surface area contributed by atoms with E-state index >= 15 is 0 Å². The fourth-order valence-corrected chi connectivity index (χ4v) is 3.58. The zero-order valence-corrected chi connectivity index (χ0v) is 15.0. The van der Waals surface area contributed by atoms with Gasteiger partial charge in [0, 0.05) is 6.54 Å². The molecule has 0 aromatic heterocycles. The molecule has 1 aromatic rings. The van der Waals surface area contributed by atoms with Crippen LogP contribution >= 0.6 is 0 Å². The molecule has 2 N–H and O–H groups in total. The second kappa shape index (κ2) is 7.06. The number of nitrogens with one attached hydrogen (secondary N) is 2. The van der Waals surface area contributed by atoms with Gasteiger partial charge in [-0.2, -0.15) is 0 Å². The van der Waals surface area contributed by atoms with Gasteiger partial charge in [-0.1, -0.05) is 0 Å². The summed E-state index contributed by atoms with van der Waals surface area (Å²) < 4.78 is 29.5.